The molecule has 0 amide bonds. The Balaban J connectivity index is 1.54. The van der Waals surface area contributed by atoms with Gasteiger partial charge in [0.15, 0.2) is 11.6 Å². The number of hydrogen-bond donors (Lipinski definition) is 0. The molecule has 0 radical (unpaired) electrons. The van der Waals surface area contributed by atoms with Gasteiger partial charge < -0.3 is 4.42 Å². The van der Waals surface area contributed by atoms with E-state index in [0.29, 0.717) is 5.56 Å². The molecule has 7 aromatic carbocycles. The monoisotopic (exact) mass is 506 g/mol. The van der Waals surface area contributed by atoms with E-state index in [2.05, 4.69) is 60.7 Å². The number of halogens is 2. The predicted molar refractivity (Wildman–Crippen MR) is 157 cm³/mol. The number of rotatable bonds is 2. The molecule has 0 spiro atoms. The molecule has 184 valence electrons. The molecule has 0 bridgehead atoms. The second kappa shape index (κ2) is 8.24. The molecule has 1 nitrogen and oxygen atoms in total. The predicted octanol–water partition coefficient (Wildman–Crippen LogP) is 10.7. The summed E-state index contributed by atoms with van der Waals surface area (Å²) in [5.74, 6) is -1.70. The van der Waals surface area contributed by atoms with Gasteiger partial charge in [0.1, 0.15) is 11.2 Å². The SMILES string of the molecule is Fc1cccc(-c2ccc3c(c2)cc(-c2cccc4ccccc24)c2ccc4c5ccccc5oc4c23)c1F. The Hall–Kier alpha value is -5.02. The summed E-state index contributed by atoms with van der Waals surface area (Å²) in [5, 5.41) is 8.44. The van der Waals surface area contributed by atoms with Crippen molar-refractivity contribution >= 4 is 54.3 Å². The summed E-state index contributed by atoms with van der Waals surface area (Å²) in [6.07, 6.45) is 0. The molecule has 8 rings (SSSR count). The van der Waals surface area contributed by atoms with Gasteiger partial charge in [0, 0.05) is 21.7 Å². The van der Waals surface area contributed by atoms with Gasteiger partial charge in [0.25, 0.3) is 0 Å². The summed E-state index contributed by atoms with van der Waals surface area (Å²) in [6.45, 7) is 0. The smallest absolute Gasteiger partial charge is 0.166 e. The molecule has 0 aliphatic carbocycles. The summed E-state index contributed by atoms with van der Waals surface area (Å²) in [6, 6.07) is 39.3. The lowest BCUT2D eigenvalue weighted by molar-refractivity contribution is 0.511. The molecule has 0 saturated carbocycles. The molecule has 8 aromatic rings. The molecule has 0 N–H and O–H groups in total. The maximum absolute atomic E-state index is 14.8. The van der Waals surface area contributed by atoms with Crippen LogP contribution < -0.4 is 0 Å². The maximum Gasteiger partial charge on any atom is 0.166 e. The van der Waals surface area contributed by atoms with E-state index < -0.39 is 11.6 Å². The highest BCUT2D eigenvalue weighted by Crippen LogP contribution is 2.44. The molecule has 0 fully saturated rings. The zero-order valence-corrected chi connectivity index (χ0v) is 20.7. The first kappa shape index (κ1) is 22.0. The first-order chi connectivity index (χ1) is 19.2. The van der Waals surface area contributed by atoms with E-state index in [1.807, 2.05) is 42.5 Å². The standard InChI is InChI=1S/C36H20F2O/c37-32-13-6-11-26(35(32)38)22-15-16-25-23(19-22)20-31(27-12-5-8-21-7-1-2-9-24(21)27)29-17-18-30-28-10-3-4-14-33(28)39-36(30)34(25)29/h1-20H. The van der Waals surface area contributed by atoms with Gasteiger partial charge >= 0.3 is 0 Å². The Bertz CT molecular complexity index is 2250. The molecule has 0 aliphatic heterocycles. The lowest BCUT2D eigenvalue weighted by Crippen LogP contribution is -1.91. The highest BCUT2D eigenvalue weighted by atomic mass is 19.2. The van der Waals surface area contributed by atoms with Gasteiger partial charge in [0.05, 0.1) is 0 Å². The van der Waals surface area contributed by atoms with Crippen LogP contribution in [-0.2, 0) is 0 Å². The van der Waals surface area contributed by atoms with Gasteiger partial charge in [-0.25, -0.2) is 8.78 Å². The van der Waals surface area contributed by atoms with Crippen molar-refractivity contribution < 1.29 is 13.2 Å². The van der Waals surface area contributed by atoms with Gasteiger partial charge in [-0.05, 0) is 74.0 Å². The molecule has 0 saturated heterocycles. The molecule has 39 heavy (non-hydrogen) atoms. The van der Waals surface area contributed by atoms with Gasteiger partial charge in [-0.15, -0.1) is 0 Å². The largest absolute Gasteiger partial charge is 0.455 e. The molecule has 0 aliphatic rings. The van der Waals surface area contributed by atoms with E-state index in [1.165, 1.54) is 6.07 Å². The minimum Gasteiger partial charge on any atom is -0.455 e. The van der Waals surface area contributed by atoms with Gasteiger partial charge in [-0.3, -0.25) is 0 Å². The van der Waals surface area contributed by atoms with E-state index in [-0.39, 0.29) is 5.56 Å². The number of para-hydroxylation sites is 1. The number of benzene rings is 7. The van der Waals surface area contributed by atoms with Crippen molar-refractivity contribution in [2.45, 2.75) is 0 Å². The Morgan fingerprint density at radius 1 is 0.462 bits per heavy atom. The Morgan fingerprint density at radius 2 is 1.18 bits per heavy atom. The van der Waals surface area contributed by atoms with Crippen LogP contribution >= 0.6 is 0 Å². The third-order valence-corrected chi connectivity index (χ3v) is 7.80. The van der Waals surface area contributed by atoms with Gasteiger partial charge in [0.2, 0.25) is 0 Å². The van der Waals surface area contributed by atoms with Crippen molar-refractivity contribution in [1.82, 2.24) is 0 Å². The quantitative estimate of drug-likeness (QED) is 0.213. The molecular formula is C36H20F2O. The maximum atomic E-state index is 14.8. The fourth-order valence-corrected chi connectivity index (χ4v) is 6.00. The van der Waals surface area contributed by atoms with Crippen LogP contribution in [0.3, 0.4) is 0 Å². The topological polar surface area (TPSA) is 13.1 Å². The summed E-state index contributed by atoms with van der Waals surface area (Å²) in [7, 11) is 0. The Morgan fingerprint density at radius 3 is 2.10 bits per heavy atom. The van der Waals surface area contributed by atoms with Crippen LogP contribution in [0.15, 0.2) is 126 Å². The zero-order valence-electron chi connectivity index (χ0n) is 20.7. The lowest BCUT2D eigenvalue weighted by Gasteiger charge is -2.15. The molecule has 0 unspecified atom stereocenters. The van der Waals surface area contributed by atoms with Crippen LogP contribution in [0, 0.1) is 11.6 Å². The second-order valence-electron chi connectivity index (χ2n) is 9.95. The fraction of sp³-hybridized carbons (Fsp3) is 0. The van der Waals surface area contributed by atoms with E-state index in [4.69, 9.17) is 4.42 Å². The van der Waals surface area contributed by atoms with Crippen LogP contribution in [0.2, 0.25) is 0 Å². The van der Waals surface area contributed by atoms with E-state index in [0.717, 1.165) is 71.4 Å². The van der Waals surface area contributed by atoms with Crippen molar-refractivity contribution in [2.75, 3.05) is 0 Å². The summed E-state index contributed by atoms with van der Waals surface area (Å²) in [5.41, 5.74) is 4.70. The Labute approximate surface area is 222 Å². The third kappa shape index (κ3) is 3.23. The van der Waals surface area contributed by atoms with Crippen LogP contribution in [0.1, 0.15) is 0 Å². The molecule has 1 heterocycles. The van der Waals surface area contributed by atoms with Gasteiger partial charge in [-0.1, -0.05) is 91.0 Å². The minimum absolute atomic E-state index is 0.241. The summed E-state index contributed by atoms with van der Waals surface area (Å²) >= 11 is 0. The van der Waals surface area contributed by atoms with Crippen LogP contribution in [0.25, 0.3) is 76.5 Å². The molecule has 0 atom stereocenters. The number of fused-ring (bicyclic) bond motifs is 8. The first-order valence-corrected chi connectivity index (χ1v) is 12.9. The highest BCUT2D eigenvalue weighted by molar-refractivity contribution is 6.27. The van der Waals surface area contributed by atoms with Crippen molar-refractivity contribution in [1.29, 1.82) is 0 Å². The summed E-state index contributed by atoms with van der Waals surface area (Å²) in [4.78, 5) is 0. The lowest BCUT2D eigenvalue weighted by atomic mass is 9.89. The average Bonchev–Trinajstić information content (AvgIpc) is 3.36. The summed E-state index contributed by atoms with van der Waals surface area (Å²) < 4.78 is 35.4. The van der Waals surface area contributed by atoms with E-state index in [1.54, 1.807) is 6.07 Å². The van der Waals surface area contributed by atoms with Crippen LogP contribution in [-0.4, -0.2) is 0 Å². The van der Waals surface area contributed by atoms with Crippen LogP contribution in [0.5, 0.6) is 0 Å². The van der Waals surface area contributed by atoms with E-state index >= 15 is 0 Å². The molecule has 3 heteroatoms. The number of furan rings is 1. The minimum atomic E-state index is -0.855. The highest BCUT2D eigenvalue weighted by Gasteiger charge is 2.18. The first-order valence-electron chi connectivity index (χ1n) is 12.9. The van der Waals surface area contributed by atoms with Crippen molar-refractivity contribution in [3.05, 3.63) is 133 Å². The van der Waals surface area contributed by atoms with Crippen LogP contribution in [0.4, 0.5) is 8.78 Å². The van der Waals surface area contributed by atoms with Gasteiger partial charge in [-0.2, -0.15) is 0 Å². The Kier molecular flexibility index (Phi) is 4.65. The van der Waals surface area contributed by atoms with E-state index in [9.17, 15) is 8.78 Å². The average molecular weight is 507 g/mol. The molecular weight excluding hydrogens is 486 g/mol. The molecule has 1 aromatic heterocycles. The van der Waals surface area contributed by atoms with Crippen molar-refractivity contribution in [3.63, 3.8) is 0 Å². The van der Waals surface area contributed by atoms with Crippen molar-refractivity contribution in [2.24, 2.45) is 0 Å². The fourth-order valence-electron chi connectivity index (χ4n) is 6.00. The normalized spacial score (nSPS) is 11.8. The zero-order chi connectivity index (χ0) is 26.1. The van der Waals surface area contributed by atoms with Crippen molar-refractivity contribution in [3.8, 4) is 22.3 Å². The number of hydrogen-bond acceptors (Lipinski definition) is 1. The second-order valence-corrected chi connectivity index (χ2v) is 9.95. The third-order valence-electron chi connectivity index (χ3n) is 7.80.